The maximum Gasteiger partial charge on any atom is 0.159 e. The minimum atomic E-state index is -0.0769. The van der Waals surface area contributed by atoms with Crippen molar-refractivity contribution in [3.8, 4) is 79.4 Å². The number of aromatic nitrogens is 15. The molecule has 20 aromatic rings. The zero-order chi connectivity index (χ0) is 74.2. The van der Waals surface area contributed by atoms with Crippen LogP contribution < -0.4 is 20.1 Å². The molecular weight excluding hydrogens is 1370 g/mol. The Bertz CT molecular complexity index is 6790. The third-order valence-electron chi connectivity index (χ3n) is 20.4. The van der Waals surface area contributed by atoms with Gasteiger partial charge in [0.05, 0.1) is 83.6 Å². The Morgan fingerprint density at radius 1 is 0.373 bits per heavy atom. The van der Waals surface area contributed by atoms with Gasteiger partial charge in [-0.15, -0.1) is 0 Å². The van der Waals surface area contributed by atoms with E-state index in [0.717, 1.165) is 202 Å². The van der Waals surface area contributed by atoms with Gasteiger partial charge in [-0.05, 0) is 148 Å². The second-order valence-corrected chi connectivity index (χ2v) is 27.1. The summed E-state index contributed by atoms with van der Waals surface area (Å²) in [5.41, 5.74) is 22.8. The van der Waals surface area contributed by atoms with Crippen molar-refractivity contribution in [2.45, 2.75) is 32.8 Å². The van der Waals surface area contributed by atoms with Gasteiger partial charge >= 0.3 is 0 Å². The summed E-state index contributed by atoms with van der Waals surface area (Å²) >= 11 is 0. The average molecular weight is 1440 g/mol. The number of aromatic amines is 4. The zero-order valence-corrected chi connectivity index (χ0v) is 60.6. The molecule has 0 aliphatic rings. The van der Waals surface area contributed by atoms with Crippen molar-refractivity contribution < 1.29 is 14.6 Å². The summed E-state index contributed by atoms with van der Waals surface area (Å²) in [6, 6.07) is 78.6. The van der Waals surface area contributed by atoms with Gasteiger partial charge in [0, 0.05) is 105 Å². The van der Waals surface area contributed by atoms with Crippen molar-refractivity contribution >= 4 is 98.1 Å². The summed E-state index contributed by atoms with van der Waals surface area (Å²) in [5, 5.41) is 44.1. The van der Waals surface area contributed by atoms with Gasteiger partial charge in [0.2, 0.25) is 0 Å². The number of imidazole rings is 3. The first-order valence-electron chi connectivity index (χ1n) is 36.3. The van der Waals surface area contributed by atoms with Crippen LogP contribution in [0.3, 0.4) is 0 Å². The summed E-state index contributed by atoms with van der Waals surface area (Å²) < 4.78 is 14.7. The second kappa shape index (κ2) is 29.4. The van der Waals surface area contributed by atoms with Gasteiger partial charge in [0.1, 0.15) is 28.6 Å². The molecule has 536 valence electrons. The molecule has 0 bridgehead atoms. The van der Waals surface area contributed by atoms with Crippen molar-refractivity contribution in [2.75, 3.05) is 28.3 Å². The molecule has 0 aliphatic carbocycles. The third kappa shape index (κ3) is 12.9. The highest BCUT2D eigenvalue weighted by atomic mass is 16.5. The first-order valence-corrected chi connectivity index (χ1v) is 36.3. The van der Waals surface area contributed by atoms with Crippen molar-refractivity contribution in [3.05, 3.63) is 296 Å². The minimum absolute atomic E-state index is 0.0769. The summed E-state index contributed by atoms with van der Waals surface area (Å²) in [7, 11) is 7.24. The number of benzene rings is 11. The number of para-hydroxylation sites is 3. The predicted octanol–water partition coefficient (Wildman–Crippen LogP) is 18.0. The highest BCUT2D eigenvalue weighted by Gasteiger charge is 2.23. The molecule has 0 fully saturated rings. The Balaban J connectivity index is 0.000000117. The number of hydrogen-bond donors (Lipinski definition) is 7. The standard InChI is InChI=1S/C33H28N6O.C32H25N5O2.C25H20N6/c1-34-17-24-7-5-9-29-31(24)37-33(36-29)32-27-16-22(28-19-35-18-23-6-3-4-8-26(23)28)12-15-30(27)39(38-32)20-21-10-13-25(40-2)14-11-21;1-39-24-12-9-20(10-13-24)18-37-29-14-11-21(27-17-33-16-22-5-2-3-7-25(22)27)15-26(29)31(36-37)32-34-28-8-4-6-23(19-38)30(28)35-32;1-26-12-17-6-4-8-22-23(17)29-25(28-22)24-19-11-15(9-10-21(19)30-31-24)20-14-27-13-16-5-2-3-7-18(16)20/h3-16,18-19,34H,17,20H2,1-2H3,(H,36,37);2-17,38H,18-19H2,1H3,(H,34,35);2-11,13-14,26H,12H2,1H3,(H,28,29)(H,30,31). The van der Waals surface area contributed by atoms with Crippen LogP contribution in [-0.2, 0) is 32.8 Å². The Morgan fingerprint density at radius 3 is 1.18 bits per heavy atom. The van der Waals surface area contributed by atoms with Gasteiger partial charge in [-0.1, -0.05) is 152 Å². The van der Waals surface area contributed by atoms with Crippen molar-refractivity contribution in [1.29, 1.82) is 0 Å². The molecule has 0 saturated heterocycles. The van der Waals surface area contributed by atoms with Crippen LogP contribution >= 0.6 is 0 Å². The molecule has 20 nitrogen and oxygen atoms in total. The van der Waals surface area contributed by atoms with Gasteiger partial charge < -0.3 is 40.2 Å². The molecule has 0 atom stereocenters. The fourth-order valence-corrected chi connectivity index (χ4v) is 14.9. The van der Waals surface area contributed by atoms with E-state index >= 15 is 0 Å². The quantitative estimate of drug-likeness (QED) is 0.0448. The molecule has 110 heavy (non-hydrogen) atoms. The summed E-state index contributed by atoms with van der Waals surface area (Å²) in [6.07, 6.45) is 11.5. The van der Waals surface area contributed by atoms with Gasteiger partial charge in [-0.2, -0.15) is 15.3 Å². The number of methoxy groups -OCH3 is 2. The number of hydrogen-bond acceptors (Lipinski definition) is 14. The van der Waals surface area contributed by atoms with Crippen LogP contribution in [0.5, 0.6) is 11.5 Å². The molecule has 11 aromatic carbocycles. The molecular formula is C90H73N17O3. The number of nitrogens with zero attached hydrogens (tertiary/aromatic N) is 11. The van der Waals surface area contributed by atoms with E-state index in [0.29, 0.717) is 18.9 Å². The van der Waals surface area contributed by atoms with Crippen LogP contribution in [-0.4, -0.2) is 108 Å². The van der Waals surface area contributed by atoms with E-state index in [4.69, 9.17) is 34.6 Å². The monoisotopic (exact) mass is 1440 g/mol. The molecule has 0 saturated carbocycles. The highest BCUT2D eigenvalue weighted by molar-refractivity contribution is 6.05. The van der Waals surface area contributed by atoms with Crippen LogP contribution in [0.1, 0.15) is 27.8 Å². The number of aliphatic hydroxyl groups excluding tert-OH is 1. The third-order valence-corrected chi connectivity index (χ3v) is 20.4. The molecule has 7 N–H and O–H groups in total. The van der Waals surface area contributed by atoms with Crippen LogP contribution in [0.15, 0.2) is 268 Å². The number of nitrogens with one attached hydrogen (secondary N) is 6. The van der Waals surface area contributed by atoms with Crippen LogP contribution in [0, 0.1) is 0 Å². The second-order valence-electron chi connectivity index (χ2n) is 27.1. The fourth-order valence-electron chi connectivity index (χ4n) is 14.9. The molecule has 0 aliphatic heterocycles. The molecule has 9 aromatic heterocycles. The lowest BCUT2D eigenvalue weighted by molar-refractivity contribution is 0.283. The van der Waals surface area contributed by atoms with E-state index in [9.17, 15) is 5.11 Å². The van der Waals surface area contributed by atoms with Crippen molar-refractivity contribution in [1.82, 2.24) is 85.2 Å². The van der Waals surface area contributed by atoms with E-state index < -0.39 is 0 Å². The lowest BCUT2D eigenvalue weighted by Gasteiger charge is -2.08. The minimum Gasteiger partial charge on any atom is -0.497 e. The normalized spacial score (nSPS) is 11.6. The molecule has 20 heteroatoms. The lowest BCUT2D eigenvalue weighted by Crippen LogP contribution is -2.05. The first kappa shape index (κ1) is 67.8. The van der Waals surface area contributed by atoms with E-state index in [1.807, 2.05) is 129 Å². The number of ether oxygens (including phenoxy) is 2. The topological polar surface area (TPSA) is 252 Å². The van der Waals surface area contributed by atoms with Crippen LogP contribution in [0.2, 0.25) is 0 Å². The Kier molecular flexibility index (Phi) is 18.1. The number of H-pyrrole nitrogens is 4. The lowest BCUT2D eigenvalue weighted by atomic mass is 9.99. The Hall–Kier alpha value is -14.1. The predicted molar refractivity (Wildman–Crippen MR) is 439 cm³/mol. The molecule has 0 spiro atoms. The number of rotatable bonds is 17. The van der Waals surface area contributed by atoms with Gasteiger partial charge in [-0.3, -0.25) is 29.4 Å². The fraction of sp³-hybridized carbons (Fsp3) is 0.100. The summed E-state index contributed by atoms with van der Waals surface area (Å²) in [4.78, 5) is 38.7. The molecule has 9 heterocycles. The number of aliphatic hydroxyl groups is 1. The maximum absolute atomic E-state index is 9.85. The molecule has 0 amide bonds. The van der Waals surface area contributed by atoms with E-state index in [-0.39, 0.29) is 6.61 Å². The van der Waals surface area contributed by atoms with Crippen LogP contribution in [0.4, 0.5) is 0 Å². The van der Waals surface area contributed by atoms with E-state index in [2.05, 4.69) is 213 Å². The molecule has 20 rings (SSSR count). The highest BCUT2D eigenvalue weighted by Crippen LogP contribution is 2.39. The van der Waals surface area contributed by atoms with E-state index in [1.165, 1.54) is 10.8 Å². The SMILES string of the molecule is CNCc1cccc2[nH]c(-c3n[nH]c4ccc(-c5cncc6ccccc56)cc34)nc12.CNCc1cccc2[nH]c(-c3nn(Cc4ccc(OC)cc4)c4ccc(-c5cncc6ccccc56)cc34)nc12.COc1ccc(Cn2nc(-c3nc4c(CO)cccc4[nH]3)c3cc(-c4cncc5ccccc45)ccc32)cc1. The number of pyridine rings is 3. The first-order chi connectivity index (χ1) is 54.2. The largest absolute Gasteiger partial charge is 0.497 e. The van der Waals surface area contributed by atoms with Crippen molar-refractivity contribution in [3.63, 3.8) is 0 Å². The van der Waals surface area contributed by atoms with Gasteiger partial charge in [0.25, 0.3) is 0 Å². The smallest absolute Gasteiger partial charge is 0.159 e. The number of fused-ring (bicyclic) bond motifs is 9. The van der Waals surface area contributed by atoms with Crippen LogP contribution in [0.25, 0.3) is 166 Å². The Labute approximate surface area is 630 Å². The van der Waals surface area contributed by atoms with Crippen molar-refractivity contribution in [2.24, 2.45) is 0 Å². The van der Waals surface area contributed by atoms with E-state index in [1.54, 1.807) is 14.2 Å². The summed E-state index contributed by atoms with van der Waals surface area (Å²) in [5.74, 6) is 3.84. The molecule has 0 radical (unpaired) electrons. The molecule has 0 unspecified atom stereocenters. The Morgan fingerprint density at radius 2 is 0.764 bits per heavy atom. The zero-order valence-electron chi connectivity index (χ0n) is 60.6. The summed E-state index contributed by atoms with van der Waals surface area (Å²) in [6.45, 7) is 2.65. The van der Waals surface area contributed by atoms with Gasteiger partial charge in [-0.25, -0.2) is 15.0 Å². The van der Waals surface area contributed by atoms with Gasteiger partial charge in [0.15, 0.2) is 17.5 Å². The maximum atomic E-state index is 9.85. The average Bonchev–Trinajstić information content (AvgIpc) is 1.60.